The molecule has 8 heteroatoms. The molecule has 7 nitrogen and oxygen atoms in total. The lowest BCUT2D eigenvalue weighted by atomic mass is 10.1. The number of carbonyl (C=O) groups is 2. The van der Waals surface area contributed by atoms with E-state index in [1.54, 1.807) is 42.5 Å². The van der Waals surface area contributed by atoms with E-state index in [1.165, 1.54) is 28.6 Å². The Hall–Kier alpha value is -4.43. The number of aryl methyl sites for hydroxylation is 2. The molecule has 1 unspecified atom stereocenters. The highest BCUT2D eigenvalue weighted by molar-refractivity contribution is 7.92. The molecule has 0 saturated carbocycles. The quantitative estimate of drug-likeness (QED) is 0.309. The smallest absolute Gasteiger partial charge is 0.339 e. The fourth-order valence-electron chi connectivity index (χ4n) is 4.61. The van der Waals surface area contributed by atoms with E-state index in [2.05, 4.69) is 5.32 Å². The van der Waals surface area contributed by atoms with Crippen molar-refractivity contribution in [1.82, 2.24) is 0 Å². The predicted molar refractivity (Wildman–Crippen MR) is 150 cm³/mol. The number of ether oxygens (including phenoxy) is 1. The van der Waals surface area contributed by atoms with Gasteiger partial charge in [0, 0.05) is 17.8 Å². The maximum atomic E-state index is 13.5. The van der Waals surface area contributed by atoms with Crippen LogP contribution in [0.25, 0.3) is 0 Å². The molecule has 4 aromatic carbocycles. The number of nitrogens with one attached hydrogen (secondary N) is 1. The van der Waals surface area contributed by atoms with E-state index >= 15 is 0 Å². The normalized spacial score (nSPS) is 13.4. The van der Waals surface area contributed by atoms with E-state index in [0.717, 1.165) is 16.7 Å². The lowest BCUT2D eigenvalue weighted by molar-refractivity contribution is -0.125. The van der Waals surface area contributed by atoms with Crippen LogP contribution >= 0.6 is 0 Å². The Balaban J connectivity index is 1.41. The lowest BCUT2D eigenvalue weighted by Gasteiger charge is -2.21. The molecule has 1 atom stereocenters. The van der Waals surface area contributed by atoms with Gasteiger partial charge in [0.1, 0.15) is 0 Å². The summed E-state index contributed by atoms with van der Waals surface area (Å²) in [5.74, 6) is -1.32. The van der Waals surface area contributed by atoms with E-state index in [1.807, 2.05) is 44.2 Å². The minimum Gasteiger partial charge on any atom is -0.444 e. The molecule has 1 N–H and O–H groups in total. The summed E-state index contributed by atoms with van der Waals surface area (Å²) in [5, 5.41) is 2.87. The van der Waals surface area contributed by atoms with Crippen LogP contribution in [0, 0.1) is 13.8 Å². The van der Waals surface area contributed by atoms with Gasteiger partial charge in [-0.3, -0.25) is 9.10 Å². The fourth-order valence-corrected chi connectivity index (χ4v) is 6.16. The van der Waals surface area contributed by atoms with Gasteiger partial charge < -0.3 is 10.1 Å². The van der Waals surface area contributed by atoms with E-state index in [0.29, 0.717) is 29.9 Å². The number of rotatable bonds is 7. The van der Waals surface area contributed by atoms with Gasteiger partial charge in [-0.25, -0.2) is 13.2 Å². The van der Waals surface area contributed by atoms with E-state index in [4.69, 9.17) is 4.74 Å². The molecule has 0 saturated heterocycles. The first-order valence-corrected chi connectivity index (χ1v) is 14.0. The first kappa shape index (κ1) is 26.2. The second kappa shape index (κ2) is 10.7. The Kier molecular flexibility index (Phi) is 7.21. The number of carbonyl (C=O) groups excluding carboxylic acids is 2. The van der Waals surface area contributed by atoms with Crippen LogP contribution in [0.2, 0.25) is 0 Å². The predicted octanol–water partition coefficient (Wildman–Crippen LogP) is 5.59. The highest BCUT2D eigenvalue weighted by Gasteiger charge is 2.32. The number of nitrogens with zero attached hydrogens (tertiary/aromatic N) is 1. The average molecular weight is 541 g/mol. The minimum absolute atomic E-state index is 0.0234. The highest BCUT2D eigenvalue weighted by Crippen LogP contribution is 2.33. The second-order valence-corrected chi connectivity index (χ2v) is 11.3. The molecule has 1 aliphatic heterocycles. The van der Waals surface area contributed by atoms with Gasteiger partial charge in [-0.1, -0.05) is 66.7 Å². The molecule has 198 valence electrons. The molecule has 0 bridgehead atoms. The molecule has 1 amide bonds. The van der Waals surface area contributed by atoms with Crippen LogP contribution in [0.15, 0.2) is 102 Å². The average Bonchev–Trinajstić information content (AvgIpc) is 3.39. The molecule has 0 aliphatic carbocycles. The summed E-state index contributed by atoms with van der Waals surface area (Å²) in [6.07, 6.45) is -0.630. The monoisotopic (exact) mass is 540 g/mol. The Morgan fingerprint density at radius 1 is 0.872 bits per heavy atom. The first-order chi connectivity index (χ1) is 18.7. The number of amides is 1. The third-order valence-electron chi connectivity index (χ3n) is 6.72. The topological polar surface area (TPSA) is 92.8 Å². The standard InChI is InChI=1S/C31H28N2O5S/c1-21-15-16-22(2)27(19-21)32-30(34)29(24-10-4-3-5-11-24)38-31(35)25-12-8-13-26(20-25)39(36,37)33-18-17-23-9-6-7-14-28(23)33/h3-16,19-20,29H,17-18H2,1-2H3,(H,32,34). The third kappa shape index (κ3) is 5.42. The molecule has 0 radical (unpaired) electrons. The summed E-state index contributed by atoms with van der Waals surface area (Å²) >= 11 is 0. The summed E-state index contributed by atoms with van der Waals surface area (Å²) in [4.78, 5) is 26.6. The number of para-hydroxylation sites is 1. The van der Waals surface area contributed by atoms with Gasteiger partial charge in [0.25, 0.3) is 15.9 Å². The molecular weight excluding hydrogens is 512 g/mol. The van der Waals surface area contributed by atoms with Crippen molar-refractivity contribution in [1.29, 1.82) is 0 Å². The van der Waals surface area contributed by atoms with Crippen molar-refractivity contribution in [3.63, 3.8) is 0 Å². The Morgan fingerprint density at radius 2 is 1.62 bits per heavy atom. The molecular formula is C31H28N2O5S. The number of esters is 1. The van der Waals surface area contributed by atoms with Crippen molar-refractivity contribution < 1.29 is 22.7 Å². The zero-order chi connectivity index (χ0) is 27.6. The maximum Gasteiger partial charge on any atom is 0.339 e. The SMILES string of the molecule is Cc1ccc(C)c(NC(=O)C(OC(=O)c2cccc(S(=O)(=O)N3CCc4ccccc43)c2)c2ccccc2)c1. The number of anilines is 2. The first-order valence-electron chi connectivity index (χ1n) is 12.6. The van der Waals surface area contributed by atoms with Gasteiger partial charge in [0.05, 0.1) is 16.1 Å². The van der Waals surface area contributed by atoms with E-state index < -0.39 is 28.0 Å². The van der Waals surface area contributed by atoms with E-state index in [9.17, 15) is 18.0 Å². The Bertz CT molecular complexity index is 1650. The van der Waals surface area contributed by atoms with Crippen molar-refractivity contribution in [3.8, 4) is 0 Å². The molecule has 1 heterocycles. The van der Waals surface area contributed by atoms with Gasteiger partial charge in [0.15, 0.2) is 0 Å². The molecule has 39 heavy (non-hydrogen) atoms. The summed E-state index contributed by atoms with van der Waals surface area (Å²) < 4.78 is 34.1. The largest absolute Gasteiger partial charge is 0.444 e. The summed E-state index contributed by atoms with van der Waals surface area (Å²) in [5.41, 5.74) is 4.58. The van der Waals surface area contributed by atoms with Crippen LogP contribution in [-0.4, -0.2) is 26.8 Å². The van der Waals surface area contributed by atoms with Crippen molar-refractivity contribution in [3.05, 3.63) is 125 Å². The Morgan fingerprint density at radius 3 is 2.41 bits per heavy atom. The van der Waals surface area contributed by atoms with Gasteiger partial charge in [-0.05, 0) is 67.3 Å². The van der Waals surface area contributed by atoms with Crippen LogP contribution in [0.3, 0.4) is 0 Å². The van der Waals surface area contributed by atoms with E-state index in [-0.39, 0.29) is 10.5 Å². The molecule has 1 aliphatic rings. The van der Waals surface area contributed by atoms with Crippen LogP contribution < -0.4 is 9.62 Å². The number of sulfonamides is 1. The summed E-state index contributed by atoms with van der Waals surface area (Å²) in [6, 6.07) is 27.5. The molecule has 0 fully saturated rings. The van der Waals surface area contributed by atoms with Crippen molar-refractivity contribution >= 4 is 33.3 Å². The highest BCUT2D eigenvalue weighted by atomic mass is 32.2. The maximum absolute atomic E-state index is 13.5. The number of fused-ring (bicyclic) bond motifs is 1. The van der Waals surface area contributed by atoms with Crippen molar-refractivity contribution in [2.45, 2.75) is 31.3 Å². The summed E-state index contributed by atoms with van der Waals surface area (Å²) in [6.45, 7) is 4.12. The van der Waals surface area contributed by atoms with Gasteiger partial charge >= 0.3 is 5.97 Å². The molecule has 0 spiro atoms. The summed E-state index contributed by atoms with van der Waals surface area (Å²) in [7, 11) is -3.91. The van der Waals surface area contributed by atoms with Gasteiger partial charge in [0.2, 0.25) is 6.10 Å². The zero-order valence-electron chi connectivity index (χ0n) is 21.6. The Labute approximate surface area is 228 Å². The van der Waals surface area contributed by atoms with Crippen LogP contribution in [0.5, 0.6) is 0 Å². The number of hydrogen-bond donors (Lipinski definition) is 1. The zero-order valence-corrected chi connectivity index (χ0v) is 22.4. The molecule has 4 aromatic rings. The lowest BCUT2D eigenvalue weighted by Crippen LogP contribution is -2.29. The molecule has 5 rings (SSSR count). The van der Waals surface area contributed by atoms with Crippen LogP contribution in [0.4, 0.5) is 11.4 Å². The molecule has 0 aromatic heterocycles. The van der Waals surface area contributed by atoms with Crippen LogP contribution in [-0.2, 0) is 26.0 Å². The van der Waals surface area contributed by atoms with Gasteiger partial charge in [-0.2, -0.15) is 0 Å². The number of benzene rings is 4. The minimum atomic E-state index is -3.91. The fraction of sp³-hybridized carbons (Fsp3) is 0.161. The number of hydrogen-bond acceptors (Lipinski definition) is 5. The van der Waals surface area contributed by atoms with Crippen molar-refractivity contribution in [2.75, 3.05) is 16.2 Å². The third-order valence-corrected chi connectivity index (χ3v) is 8.53. The van der Waals surface area contributed by atoms with Crippen molar-refractivity contribution in [2.24, 2.45) is 0 Å². The van der Waals surface area contributed by atoms with Crippen LogP contribution in [0.1, 0.15) is 38.7 Å². The second-order valence-electron chi connectivity index (χ2n) is 9.49. The van der Waals surface area contributed by atoms with Gasteiger partial charge in [-0.15, -0.1) is 0 Å².